The highest BCUT2D eigenvalue weighted by Crippen LogP contribution is 2.29. The summed E-state index contributed by atoms with van der Waals surface area (Å²) in [4.78, 5) is 16.5. The number of amides is 1. The van der Waals surface area contributed by atoms with Gasteiger partial charge in [0.25, 0.3) is 5.91 Å². The average molecular weight is 413 g/mol. The molecule has 1 amide bonds. The van der Waals surface area contributed by atoms with Gasteiger partial charge in [-0.2, -0.15) is 0 Å². The van der Waals surface area contributed by atoms with Crippen LogP contribution in [0, 0.1) is 0 Å². The van der Waals surface area contributed by atoms with E-state index in [-0.39, 0.29) is 11.9 Å². The topological polar surface area (TPSA) is 84.0 Å². The predicted molar refractivity (Wildman–Crippen MR) is 121 cm³/mol. The summed E-state index contributed by atoms with van der Waals surface area (Å²) in [5, 5.41) is 9.35. The van der Waals surface area contributed by atoms with Crippen LogP contribution in [0.15, 0.2) is 47.5 Å². The van der Waals surface area contributed by atoms with Crippen molar-refractivity contribution < 1.29 is 14.3 Å². The van der Waals surface area contributed by atoms with Crippen LogP contribution in [-0.2, 0) is 6.42 Å². The summed E-state index contributed by atoms with van der Waals surface area (Å²) in [6, 6.07) is 13.3. The zero-order chi connectivity index (χ0) is 21.9. The SMILES string of the molecule is CCNC(=NCCc1cccc(C(=O)NC)c1)NC(C)c1cc(OC)ccc1OC. The molecule has 0 aliphatic rings. The fourth-order valence-electron chi connectivity index (χ4n) is 3.09. The Kier molecular flexibility index (Phi) is 9.00. The quantitative estimate of drug-likeness (QED) is 0.436. The Balaban J connectivity index is 2.08. The van der Waals surface area contributed by atoms with Crippen molar-refractivity contribution in [2.75, 3.05) is 34.4 Å². The van der Waals surface area contributed by atoms with Crippen molar-refractivity contribution in [2.45, 2.75) is 26.3 Å². The third-order valence-corrected chi connectivity index (χ3v) is 4.69. The van der Waals surface area contributed by atoms with Crippen LogP contribution in [-0.4, -0.2) is 46.2 Å². The van der Waals surface area contributed by atoms with Gasteiger partial charge in [-0.3, -0.25) is 9.79 Å². The highest BCUT2D eigenvalue weighted by atomic mass is 16.5. The summed E-state index contributed by atoms with van der Waals surface area (Å²) in [5.41, 5.74) is 2.71. The van der Waals surface area contributed by atoms with Gasteiger partial charge in [-0.25, -0.2) is 0 Å². The minimum atomic E-state index is -0.0867. The van der Waals surface area contributed by atoms with Crippen molar-refractivity contribution in [1.29, 1.82) is 0 Å². The van der Waals surface area contributed by atoms with E-state index in [9.17, 15) is 4.79 Å². The maximum absolute atomic E-state index is 11.8. The van der Waals surface area contributed by atoms with Gasteiger partial charge >= 0.3 is 0 Å². The lowest BCUT2D eigenvalue weighted by Gasteiger charge is -2.20. The molecule has 0 saturated carbocycles. The third kappa shape index (κ3) is 6.40. The van der Waals surface area contributed by atoms with Crippen molar-refractivity contribution in [3.05, 3.63) is 59.2 Å². The fraction of sp³-hybridized carbons (Fsp3) is 0.391. The van der Waals surface area contributed by atoms with E-state index < -0.39 is 0 Å². The second kappa shape index (κ2) is 11.7. The molecule has 7 heteroatoms. The Hall–Kier alpha value is -3.22. The second-order valence-electron chi connectivity index (χ2n) is 6.76. The van der Waals surface area contributed by atoms with Gasteiger partial charge in [-0.15, -0.1) is 0 Å². The molecule has 0 bridgehead atoms. The maximum atomic E-state index is 11.8. The molecule has 3 N–H and O–H groups in total. The molecule has 0 saturated heterocycles. The van der Waals surface area contributed by atoms with Gasteiger partial charge in [0.05, 0.1) is 20.3 Å². The number of benzene rings is 2. The molecule has 30 heavy (non-hydrogen) atoms. The van der Waals surface area contributed by atoms with Crippen LogP contribution in [0.5, 0.6) is 11.5 Å². The molecule has 0 aliphatic carbocycles. The molecule has 162 valence electrons. The van der Waals surface area contributed by atoms with Gasteiger partial charge in [0.15, 0.2) is 5.96 Å². The lowest BCUT2D eigenvalue weighted by atomic mass is 10.1. The molecule has 2 aromatic rings. The number of ether oxygens (including phenoxy) is 2. The van der Waals surface area contributed by atoms with Gasteiger partial charge in [-0.05, 0) is 56.2 Å². The van der Waals surface area contributed by atoms with Crippen LogP contribution in [0.25, 0.3) is 0 Å². The first-order valence-electron chi connectivity index (χ1n) is 10.1. The van der Waals surface area contributed by atoms with Crippen molar-refractivity contribution in [3.63, 3.8) is 0 Å². The van der Waals surface area contributed by atoms with Crippen molar-refractivity contribution in [1.82, 2.24) is 16.0 Å². The minimum Gasteiger partial charge on any atom is -0.497 e. The Bertz CT molecular complexity index is 867. The zero-order valence-corrected chi connectivity index (χ0v) is 18.4. The third-order valence-electron chi connectivity index (χ3n) is 4.69. The van der Waals surface area contributed by atoms with E-state index >= 15 is 0 Å². The number of guanidine groups is 1. The lowest BCUT2D eigenvalue weighted by molar-refractivity contribution is 0.0963. The molecule has 7 nitrogen and oxygen atoms in total. The number of nitrogens with zero attached hydrogens (tertiary/aromatic N) is 1. The van der Waals surface area contributed by atoms with Crippen molar-refractivity contribution >= 4 is 11.9 Å². The normalized spacial score (nSPS) is 12.1. The minimum absolute atomic E-state index is 0.0376. The van der Waals surface area contributed by atoms with E-state index in [1.165, 1.54) is 0 Å². The van der Waals surface area contributed by atoms with Gasteiger partial charge < -0.3 is 25.4 Å². The van der Waals surface area contributed by atoms with Crippen molar-refractivity contribution in [3.8, 4) is 11.5 Å². The van der Waals surface area contributed by atoms with Gasteiger partial charge in [0.1, 0.15) is 11.5 Å². The van der Waals surface area contributed by atoms with Gasteiger partial charge in [0, 0.05) is 31.3 Å². The molecule has 0 aliphatic heterocycles. The number of nitrogens with one attached hydrogen (secondary N) is 3. The van der Waals surface area contributed by atoms with E-state index in [1.807, 2.05) is 43.3 Å². The highest BCUT2D eigenvalue weighted by molar-refractivity contribution is 5.94. The van der Waals surface area contributed by atoms with Crippen LogP contribution >= 0.6 is 0 Å². The first-order chi connectivity index (χ1) is 14.5. The van der Waals surface area contributed by atoms with Crippen LogP contribution in [0.4, 0.5) is 0 Å². The van der Waals surface area contributed by atoms with E-state index in [2.05, 4.69) is 27.9 Å². The number of carbonyl (C=O) groups excluding carboxylic acids is 1. The Morgan fingerprint density at radius 1 is 1.13 bits per heavy atom. The molecule has 0 spiro atoms. The van der Waals surface area contributed by atoms with Crippen LogP contribution in [0.3, 0.4) is 0 Å². The lowest BCUT2D eigenvalue weighted by Crippen LogP contribution is -2.39. The number of aliphatic imine (C=N–C) groups is 1. The predicted octanol–water partition coefficient (Wildman–Crippen LogP) is 2.92. The zero-order valence-electron chi connectivity index (χ0n) is 18.4. The second-order valence-corrected chi connectivity index (χ2v) is 6.76. The molecule has 2 aromatic carbocycles. The summed E-state index contributed by atoms with van der Waals surface area (Å²) in [6.07, 6.45) is 0.734. The molecular formula is C23H32N4O3. The van der Waals surface area contributed by atoms with Crippen LogP contribution < -0.4 is 25.4 Å². The standard InChI is InChI=1S/C23H32N4O3/c1-6-25-23(26-13-12-17-8-7-9-18(14-17)22(28)24-3)27-16(2)20-15-19(29-4)10-11-21(20)30-5/h7-11,14-16H,6,12-13H2,1-5H3,(H,24,28)(H2,25,26,27). The van der Waals surface area contributed by atoms with E-state index in [0.717, 1.165) is 41.6 Å². The molecule has 1 atom stereocenters. The molecule has 2 rings (SSSR count). The molecule has 0 aromatic heterocycles. The maximum Gasteiger partial charge on any atom is 0.251 e. The monoisotopic (exact) mass is 412 g/mol. The first kappa shape index (κ1) is 23.1. The summed E-state index contributed by atoms with van der Waals surface area (Å²) in [7, 11) is 4.94. The summed E-state index contributed by atoms with van der Waals surface area (Å²) < 4.78 is 10.8. The van der Waals surface area contributed by atoms with E-state index in [0.29, 0.717) is 12.1 Å². The van der Waals surface area contributed by atoms with Gasteiger partial charge in [0.2, 0.25) is 0 Å². The molecule has 0 fully saturated rings. The number of rotatable bonds is 9. The number of carbonyl (C=O) groups is 1. The fourth-order valence-corrected chi connectivity index (χ4v) is 3.09. The highest BCUT2D eigenvalue weighted by Gasteiger charge is 2.14. The summed E-state index contributed by atoms with van der Waals surface area (Å²) >= 11 is 0. The number of hydrogen-bond donors (Lipinski definition) is 3. The molecule has 0 heterocycles. The molecular weight excluding hydrogens is 380 g/mol. The Morgan fingerprint density at radius 3 is 2.60 bits per heavy atom. The van der Waals surface area contributed by atoms with Crippen LogP contribution in [0.1, 0.15) is 41.4 Å². The van der Waals surface area contributed by atoms with Crippen LogP contribution in [0.2, 0.25) is 0 Å². The summed E-state index contributed by atoms with van der Waals surface area (Å²) in [6.45, 7) is 5.42. The Labute approximate surface area is 178 Å². The Morgan fingerprint density at radius 2 is 1.93 bits per heavy atom. The summed E-state index contributed by atoms with van der Waals surface area (Å²) in [5.74, 6) is 2.20. The number of methoxy groups -OCH3 is 2. The van der Waals surface area contributed by atoms with Gasteiger partial charge in [-0.1, -0.05) is 12.1 Å². The average Bonchev–Trinajstić information content (AvgIpc) is 2.78. The largest absolute Gasteiger partial charge is 0.497 e. The van der Waals surface area contributed by atoms with E-state index in [1.54, 1.807) is 27.3 Å². The smallest absolute Gasteiger partial charge is 0.251 e. The first-order valence-corrected chi connectivity index (χ1v) is 10.1. The number of hydrogen-bond acceptors (Lipinski definition) is 4. The molecule has 0 radical (unpaired) electrons. The van der Waals surface area contributed by atoms with E-state index in [4.69, 9.17) is 9.47 Å². The molecule has 1 unspecified atom stereocenters. The van der Waals surface area contributed by atoms with Crippen molar-refractivity contribution in [2.24, 2.45) is 4.99 Å².